The summed E-state index contributed by atoms with van der Waals surface area (Å²) in [6, 6.07) is 19.4. The summed E-state index contributed by atoms with van der Waals surface area (Å²) in [6.45, 7) is 3.77. The van der Waals surface area contributed by atoms with Gasteiger partial charge in [0.2, 0.25) is 0 Å². The Hall–Kier alpha value is -3.67. The first kappa shape index (κ1) is 19.6. The van der Waals surface area contributed by atoms with Gasteiger partial charge < -0.3 is 10.1 Å². The fourth-order valence-corrected chi connectivity index (χ4v) is 3.82. The predicted octanol–water partition coefficient (Wildman–Crippen LogP) is 3.89. The van der Waals surface area contributed by atoms with Crippen molar-refractivity contribution in [3.05, 3.63) is 77.9 Å². The smallest absolute Gasteiger partial charge is 0.325 e. The summed E-state index contributed by atoms with van der Waals surface area (Å²) in [6.07, 6.45) is 0. The molecule has 4 rings (SSSR count). The van der Waals surface area contributed by atoms with Gasteiger partial charge in [0.05, 0.1) is 13.2 Å². The molecule has 6 nitrogen and oxygen atoms in total. The lowest BCUT2D eigenvalue weighted by Crippen LogP contribution is -2.41. The number of urea groups is 1. The number of Topliss-reactive ketones (excluding diaryl/α,β-unsaturated/α-hetero) is 1. The molecular weight excluding hydrogens is 380 g/mol. The first-order valence-corrected chi connectivity index (χ1v) is 9.82. The van der Waals surface area contributed by atoms with Gasteiger partial charge in [-0.2, -0.15) is 0 Å². The second-order valence-corrected chi connectivity index (χ2v) is 7.35. The molecule has 0 aliphatic carbocycles. The van der Waals surface area contributed by atoms with Crippen LogP contribution in [0.15, 0.2) is 66.7 Å². The number of hydrogen-bond donors (Lipinski definition) is 1. The van der Waals surface area contributed by atoms with E-state index in [0.29, 0.717) is 23.5 Å². The van der Waals surface area contributed by atoms with Crippen molar-refractivity contribution in [3.63, 3.8) is 0 Å². The summed E-state index contributed by atoms with van der Waals surface area (Å²) in [4.78, 5) is 39.6. The Morgan fingerprint density at radius 1 is 1.00 bits per heavy atom. The van der Waals surface area contributed by atoms with Crippen molar-refractivity contribution in [2.45, 2.75) is 19.4 Å². The average Bonchev–Trinajstić information content (AvgIpc) is 2.98. The largest absolute Gasteiger partial charge is 0.494 e. The van der Waals surface area contributed by atoms with Gasteiger partial charge in [-0.25, -0.2) is 4.79 Å². The van der Waals surface area contributed by atoms with Crippen LogP contribution in [-0.2, 0) is 10.3 Å². The first-order chi connectivity index (χ1) is 14.4. The van der Waals surface area contributed by atoms with Crippen LogP contribution in [0.1, 0.15) is 29.8 Å². The quantitative estimate of drug-likeness (QED) is 0.501. The molecule has 1 N–H and O–H groups in total. The fraction of sp³-hybridized carbons (Fsp3) is 0.208. The maximum Gasteiger partial charge on any atom is 0.325 e. The molecule has 0 saturated carbocycles. The minimum absolute atomic E-state index is 0.316. The van der Waals surface area contributed by atoms with Gasteiger partial charge in [-0.3, -0.25) is 14.5 Å². The van der Waals surface area contributed by atoms with Gasteiger partial charge in [0.1, 0.15) is 11.3 Å². The molecule has 152 valence electrons. The third-order valence-corrected chi connectivity index (χ3v) is 5.39. The highest BCUT2D eigenvalue weighted by Gasteiger charge is 2.50. The van der Waals surface area contributed by atoms with Crippen LogP contribution in [0.2, 0.25) is 0 Å². The highest BCUT2D eigenvalue weighted by Crippen LogP contribution is 2.33. The van der Waals surface area contributed by atoms with Crippen LogP contribution in [0.25, 0.3) is 10.8 Å². The molecule has 1 saturated heterocycles. The van der Waals surface area contributed by atoms with Crippen LogP contribution < -0.4 is 10.1 Å². The van der Waals surface area contributed by atoms with Crippen LogP contribution >= 0.6 is 0 Å². The second-order valence-electron chi connectivity index (χ2n) is 7.35. The second kappa shape index (κ2) is 7.63. The van der Waals surface area contributed by atoms with Gasteiger partial charge in [0, 0.05) is 5.56 Å². The van der Waals surface area contributed by atoms with Crippen molar-refractivity contribution in [1.82, 2.24) is 10.2 Å². The van der Waals surface area contributed by atoms with E-state index in [1.54, 1.807) is 31.2 Å². The molecule has 1 atom stereocenters. The summed E-state index contributed by atoms with van der Waals surface area (Å²) in [7, 11) is 0. The third kappa shape index (κ3) is 3.30. The Morgan fingerprint density at radius 3 is 2.43 bits per heavy atom. The van der Waals surface area contributed by atoms with E-state index < -0.39 is 17.5 Å². The number of imide groups is 1. The molecule has 6 heteroatoms. The minimum atomic E-state index is -1.24. The molecule has 3 aromatic carbocycles. The predicted molar refractivity (Wildman–Crippen MR) is 113 cm³/mol. The summed E-state index contributed by atoms with van der Waals surface area (Å²) >= 11 is 0. The molecule has 1 aliphatic rings. The van der Waals surface area contributed by atoms with Gasteiger partial charge >= 0.3 is 6.03 Å². The van der Waals surface area contributed by atoms with Crippen LogP contribution in [0, 0.1) is 0 Å². The number of ether oxygens (including phenoxy) is 1. The number of hydrogen-bond acceptors (Lipinski definition) is 4. The highest BCUT2D eigenvalue weighted by molar-refractivity contribution is 6.12. The summed E-state index contributed by atoms with van der Waals surface area (Å²) in [5, 5.41) is 4.65. The minimum Gasteiger partial charge on any atom is -0.494 e. The third-order valence-electron chi connectivity index (χ3n) is 5.39. The van der Waals surface area contributed by atoms with Crippen molar-refractivity contribution >= 4 is 28.5 Å². The molecular formula is C24H22N2O4. The van der Waals surface area contributed by atoms with E-state index in [1.165, 1.54) is 0 Å². The van der Waals surface area contributed by atoms with E-state index in [4.69, 9.17) is 4.74 Å². The molecule has 1 aliphatic heterocycles. The molecule has 0 unspecified atom stereocenters. The Morgan fingerprint density at radius 2 is 1.70 bits per heavy atom. The maximum atomic E-state index is 13.3. The molecule has 0 radical (unpaired) electrons. The SMILES string of the molecule is CCOc1ccc(C(=O)CN2C(=O)N[C@](C)(c3cccc4ccccc34)C2=O)cc1. The molecule has 1 heterocycles. The lowest BCUT2D eigenvalue weighted by molar-refractivity contribution is -0.130. The molecule has 0 spiro atoms. The van der Waals surface area contributed by atoms with Crippen molar-refractivity contribution < 1.29 is 19.1 Å². The van der Waals surface area contributed by atoms with Gasteiger partial charge in [-0.05, 0) is 54.4 Å². The number of nitrogens with zero attached hydrogens (tertiary/aromatic N) is 1. The van der Waals surface area contributed by atoms with Gasteiger partial charge in [-0.1, -0.05) is 42.5 Å². The number of ketones is 1. The van der Waals surface area contributed by atoms with Crippen LogP contribution in [0.3, 0.4) is 0 Å². The summed E-state index contributed by atoms with van der Waals surface area (Å²) in [5.74, 6) is -0.0977. The average molecular weight is 402 g/mol. The molecule has 1 fully saturated rings. The van der Waals surface area contributed by atoms with E-state index in [1.807, 2.05) is 49.4 Å². The molecule has 3 aromatic rings. The lowest BCUT2D eigenvalue weighted by Gasteiger charge is -2.24. The van der Waals surface area contributed by atoms with Crippen molar-refractivity contribution in [2.75, 3.05) is 13.2 Å². The van der Waals surface area contributed by atoms with Crippen LogP contribution in [0.5, 0.6) is 5.75 Å². The fourth-order valence-electron chi connectivity index (χ4n) is 3.82. The van der Waals surface area contributed by atoms with Gasteiger partial charge in [0.25, 0.3) is 5.91 Å². The Bertz CT molecular complexity index is 1130. The first-order valence-electron chi connectivity index (χ1n) is 9.82. The normalized spacial score (nSPS) is 18.5. The van der Waals surface area contributed by atoms with E-state index in [0.717, 1.165) is 15.7 Å². The van der Waals surface area contributed by atoms with Crippen molar-refractivity contribution in [3.8, 4) is 5.75 Å². The van der Waals surface area contributed by atoms with Crippen LogP contribution in [0.4, 0.5) is 4.79 Å². The summed E-state index contributed by atoms with van der Waals surface area (Å²) in [5.41, 5.74) is -0.121. The van der Waals surface area contributed by atoms with Gasteiger partial charge in [-0.15, -0.1) is 0 Å². The Balaban J connectivity index is 1.60. The van der Waals surface area contributed by atoms with Gasteiger partial charge in [0.15, 0.2) is 5.78 Å². The number of carbonyl (C=O) groups is 3. The standard InChI is InChI=1S/C24H22N2O4/c1-3-30-18-13-11-17(12-14-18)21(27)15-26-22(28)24(2,25-23(26)29)20-10-6-8-16-7-4-5-9-19(16)20/h4-14H,3,15H2,1-2H3,(H,25,29)/t24-/m1/s1. The molecule has 3 amide bonds. The highest BCUT2D eigenvalue weighted by atomic mass is 16.5. The molecule has 0 aromatic heterocycles. The van der Waals surface area contributed by atoms with E-state index in [9.17, 15) is 14.4 Å². The number of amides is 3. The Kier molecular flexibility index (Phi) is 4.99. The van der Waals surface area contributed by atoms with Crippen molar-refractivity contribution in [2.24, 2.45) is 0 Å². The topological polar surface area (TPSA) is 75.7 Å². The number of benzene rings is 3. The van der Waals surface area contributed by atoms with Crippen LogP contribution in [-0.4, -0.2) is 35.8 Å². The monoisotopic (exact) mass is 402 g/mol. The molecule has 30 heavy (non-hydrogen) atoms. The number of rotatable bonds is 6. The van der Waals surface area contributed by atoms with E-state index in [2.05, 4.69) is 5.32 Å². The zero-order chi connectivity index (χ0) is 21.3. The number of carbonyl (C=O) groups excluding carboxylic acids is 3. The summed E-state index contributed by atoms with van der Waals surface area (Å²) < 4.78 is 5.38. The number of nitrogens with one attached hydrogen (secondary N) is 1. The lowest BCUT2D eigenvalue weighted by atomic mass is 9.88. The number of fused-ring (bicyclic) bond motifs is 1. The van der Waals surface area contributed by atoms with E-state index in [-0.39, 0.29) is 12.3 Å². The zero-order valence-corrected chi connectivity index (χ0v) is 16.8. The zero-order valence-electron chi connectivity index (χ0n) is 16.8. The van der Waals surface area contributed by atoms with Crippen molar-refractivity contribution in [1.29, 1.82) is 0 Å². The Labute approximate surface area is 174 Å². The maximum absolute atomic E-state index is 13.3. The van der Waals surface area contributed by atoms with E-state index >= 15 is 0 Å². The molecule has 0 bridgehead atoms.